The summed E-state index contributed by atoms with van der Waals surface area (Å²) >= 11 is 6.26. The Morgan fingerprint density at radius 1 is 1.00 bits per heavy atom. The van der Waals surface area contributed by atoms with Crippen LogP contribution < -0.4 is 9.62 Å². The van der Waals surface area contributed by atoms with E-state index in [0.717, 1.165) is 39.7 Å². The Bertz CT molecular complexity index is 2110. The van der Waals surface area contributed by atoms with E-state index < -0.39 is 10.0 Å². The number of hydrogen-bond donors (Lipinski definition) is 1. The molecule has 0 aliphatic heterocycles. The number of amides is 1. The van der Waals surface area contributed by atoms with E-state index in [1.807, 2.05) is 78.2 Å². The summed E-state index contributed by atoms with van der Waals surface area (Å²) in [6.07, 6.45) is 2.87. The van der Waals surface area contributed by atoms with E-state index in [1.165, 1.54) is 11.4 Å². The van der Waals surface area contributed by atoms with Gasteiger partial charge in [-0.25, -0.2) is 13.4 Å². The average Bonchev–Trinajstić information content (AvgIpc) is 3.56. The average molecular weight is 599 g/mol. The Kier molecular flexibility index (Phi) is 6.79. The van der Waals surface area contributed by atoms with Gasteiger partial charge in [-0.05, 0) is 48.9 Å². The first-order valence-corrected chi connectivity index (χ1v) is 15.3. The lowest BCUT2D eigenvalue weighted by molar-refractivity contribution is 0.0964. The van der Waals surface area contributed by atoms with E-state index in [-0.39, 0.29) is 5.91 Å². The number of imidazole rings is 1. The molecule has 4 aromatic carbocycles. The molecule has 0 spiro atoms. The first kappa shape index (κ1) is 27.6. The lowest BCUT2D eigenvalue weighted by Crippen LogP contribution is -2.25. The van der Waals surface area contributed by atoms with Crippen LogP contribution >= 0.6 is 11.6 Å². The Morgan fingerprint density at radius 2 is 1.74 bits per heavy atom. The van der Waals surface area contributed by atoms with E-state index in [9.17, 15) is 13.2 Å². The molecular formula is C32H27ClN4O4S. The molecule has 0 saturated carbocycles. The first-order valence-electron chi connectivity index (χ1n) is 13.1. The minimum Gasteiger partial charge on any atom is -0.455 e. The molecule has 212 valence electrons. The highest BCUT2D eigenvalue weighted by Gasteiger charge is 2.26. The Hall–Kier alpha value is -4.60. The SMILES string of the molecule is CNC(=O)c1c(-c2ccc(C)cc2)oc2cc(N(C)S(C)(=O)=O)c(-c3ccc4ncn(-c5cccc(Cl)c5)c4c3)cc12. The number of halogens is 1. The topological polar surface area (TPSA) is 97.4 Å². The quantitative estimate of drug-likeness (QED) is 0.227. The van der Waals surface area contributed by atoms with Gasteiger partial charge in [-0.3, -0.25) is 13.7 Å². The summed E-state index contributed by atoms with van der Waals surface area (Å²) in [6, 6.07) is 24.3. The maximum Gasteiger partial charge on any atom is 0.255 e. The number of hydrogen-bond acceptors (Lipinski definition) is 5. The molecule has 8 nitrogen and oxygen atoms in total. The normalized spacial score (nSPS) is 11.7. The zero-order valence-electron chi connectivity index (χ0n) is 23.3. The molecule has 0 bridgehead atoms. The fourth-order valence-corrected chi connectivity index (χ4v) is 5.76. The summed E-state index contributed by atoms with van der Waals surface area (Å²) < 4.78 is 35.0. The van der Waals surface area contributed by atoms with Gasteiger partial charge in [0.1, 0.15) is 17.7 Å². The second-order valence-electron chi connectivity index (χ2n) is 10.1. The molecule has 0 fully saturated rings. The fourth-order valence-electron chi connectivity index (χ4n) is 5.07. The summed E-state index contributed by atoms with van der Waals surface area (Å²) in [5.41, 5.74) is 6.73. The van der Waals surface area contributed by atoms with Gasteiger partial charge in [0.2, 0.25) is 10.0 Å². The van der Waals surface area contributed by atoms with Gasteiger partial charge in [0.05, 0.1) is 28.5 Å². The summed E-state index contributed by atoms with van der Waals surface area (Å²) in [5, 5.41) is 3.89. The van der Waals surface area contributed by atoms with Crippen molar-refractivity contribution in [3.05, 3.63) is 101 Å². The van der Waals surface area contributed by atoms with Crippen molar-refractivity contribution >= 4 is 55.2 Å². The van der Waals surface area contributed by atoms with Gasteiger partial charge in [0.15, 0.2) is 0 Å². The number of carbonyl (C=O) groups excluding carboxylic acids is 1. The zero-order chi connectivity index (χ0) is 29.8. The van der Waals surface area contributed by atoms with Gasteiger partial charge >= 0.3 is 0 Å². The molecule has 6 aromatic rings. The predicted octanol–water partition coefficient (Wildman–Crippen LogP) is 6.82. The third-order valence-corrected chi connectivity index (χ3v) is 8.78. The fraction of sp³-hybridized carbons (Fsp3) is 0.125. The molecule has 0 radical (unpaired) electrons. The molecule has 0 aliphatic carbocycles. The number of aryl methyl sites for hydroxylation is 1. The van der Waals surface area contributed by atoms with Gasteiger partial charge < -0.3 is 9.73 Å². The monoisotopic (exact) mass is 598 g/mol. The highest BCUT2D eigenvalue weighted by Crippen LogP contribution is 2.42. The molecule has 0 aliphatic rings. The second kappa shape index (κ2) is 10.3. The van der Waals surface area contributed by atoms with Gasteiger partial charge in [-0.2, -0.15) is 0 Å². The van der Waals surface area contributed by atoms with Crippen molar-refractivity contribution in [1.82, 2.24) is 14.9 Å². The molecule has 42 heavy (non-hydrogen) atoms. The van der Waals surface area contributed by atoms with Gasteiger partial charge in [0, 0.05) is 47.4 Å². The van der Waals surface area contributed by atoms with Crippen LogP contribution in [0.15, 0.2) is 89.6 Å². The maximum atomic E-state index is 13.2. The van der Waals surface area contributed by atoms with Crippen LogP contribution in [0.5, 0.6) is 0 Å². The second-order valence-corrected chi connectivity index (χ2v) is 12.6. The number of benzene rings is 4. The van der Waals surface area contributed by atoms with Gasteiger partial charge in [0.25, 0.3) is 5.91 Å². The summed E-state index contributed by atoms with van der Waals surface area (Å²) in [4.78, 5) is 17.8. The van der Waals surface area contributed by atoms with Crippen molar-refractivity contribution in [2.24, 2.45) is 0 Å². The molecule has 6 rings (SSSR count). The Morgan fingerprint density at radius 3 is 2.43 bits per heavy atom. The maximum absolute atomic E-state index is 13.2. The van der Waals surface area contributed by atoms with E-state index in [0.29, 0.717) is 38.6 Å². The number of nitrogens with one attached hydrogen (secondary N) is 1. The van der Waals surface area contributed by atoms with Crippen LogP contribution in [-0.4, -0.2) is 44.2 Å². The van der Waals surface area contributed by atoms with Crippen molar-refractivity contribution in [2.45, 2.75) is 6.92 Å². The van der Waals surface area contributed by atoms with Crippen molar-refractivity contribution in [2.75, 3.05) is 24.7 Å². The molecule has 2 heterocycles. The summed E-state index contributed by atoms with van der Waals surface area (Å²) in [6.45, 7) is 1.98. The Labute approximate surface area is 248 Å². The lowest BCUT2D eigenvalue weighted by atomic mass is 9.98. The number of carbonyl (C=O) groups is 1. The molecule has 1 N–H and O–H groups in total. The van der Waals surface area contributed by atoms with Gasteiger partial charge in [-0.1, -0.05) is 53.6 Å². The number of aromatic nitrogens is 2. The van der Waals surface area contributed by atoms with E-state index in [1.54, 1.807) is 25.5 Å². The number of rotatable bonds is 6. The molecule has 1 amide bonds. The van der Waals surface area contributed by atoms with E-state index >= 15 is 0 Å². The van der Waals surface area contributed by atoms with Crippen LogP contribution in [0.3, 0.4) is 0 Å². The third kappa shape index (κ3) is 4.80. The van der Waals surface area contributed by atoms with Crippen molar-refractivity contribution in [3.63, 3.8) is 0 Å². The van der Waals surface area contributed by atoms with Crippen LogP contribution in [0.25, 0.3) is 50.1 Å². The lowest BCUT2D eigenvalue weighted by Gasteiger charge is -2.21. The molecule has 0 unspecified atom stereocenters. The molecule has 10 heteroatoms. The molecular weight excluding hydrogens is 572 g/mol. The van der Waals surface area contributed by atoms with Crippen molar-refractivity contribution < 1.29 is 17.6 Å². The minimum atomic E-state index is -3.64. The van der Waals surface area contributed by atoms with Crippen LogP contribution in [-0.2, 0) is 10.0 Å². The number of fused-ring (bicyclic) bond motifs is 2. The largest absolute Gasteiger partial charge is 0.455 e. The zero-order valence-corrected chi connectivity index (χ0v) is 24.9. The smallest absolute Gasteiger partial charge is 0.255 e. The van der Waals surface area contributed by atoms with Crippen LogP contribution in [0.2, 0.25) is 5.02 Å². The molecule has 0 saturated heterocycles. The van der Waals surface area contributed by atoms with Crippen LogP contribution in [0.4, 0.5) is 5.69 Å². The number of anilines is 1. The third-order valence-electron chi connectivity index (χ3n) is 7.36. The van der Waals surface area contributed by atoms with E-state index in [4.69, 9.17) is 16.0 Å². The molecule has 2 aromatic heterocycles. The van der Waals surface area contributed by atoms with Crippen LogP contribution in [0, 0.1) is 6.92 Å². The highest BCUT2D eigenvalue weighted by molar-refractivity contribution is 7.92. The van der Waals surface area contributed by atoms with Crippen molar-refractivity contribution in [1.29, 1.82) is 0 Å². The highest BCUT2D eigenvalue weighted by atomic mass is 35.5. The predicted molar refractivity (Wildman–Crippen MR) is 168 cm³/mol. The first-order chi connectivity index (χ1) is 20.0. The minimum absolute atomic E-state index is 0.311. The van der Waals surface area contributed by atoms with Crippen molar-refractivity contribution in [3.8, 4) is 28.1 Å². The summed E-state index contributed by atoms with van der Waals surface area (Å²) in [5.74, 6) is 0.0953. The standard InChI is InChI=1S/C32H27ClN4O4S/c1-19-8-10-20(11-9-19)31-30(32(38)34-2)25-16-24(27(17-29(25)41-31)36(3)42(4,39)40)21-12-13-26-28(14-21)37(18-35-26)23-7-5-6-22(33)15-23/h5-18H,1-4H3,(H,34,38). The number of furan rings is 1. The number of nitrogens with zero attached hydrogens (tertiary/aromatic N) is 3. The Balaban J connectivity index is 1.64. The van der Waals surface area contributed by atoms with E-state index in [2.05, 4.69) is 10.3 Å². The van der Waals surface area contributed by atoms with Crippen LogP contribution in [0.1, 0.15) is 15.9 Å². The number of sulfonamides is 1. The summed E-state index contributed by atoms with van der Waals surface area (Å²) in [7, 11) is -0.578. The van der Waals surface area contributed by atoms with Gasteiger partial charge in [-0.15, -0.1) is 0 Å². The molecule has 0 atom stereocenters.